The van der Waals surface area contributed by atoms with Crippen LogP contribution in [0.4, 0.5) is 5.69 Å². The number of benzene rings is 1. The van der Waals surface area contributed by atoms with Crippen LogP contribution in [-0.4, -0.2) is 81.7 Å². The highest BCUT2D eigenvalue weighted by molar-refractivity contribution is 7.92. The van der Waals surface area contributed by atoms with E-state index in [-0.39, 0.29) is 37.1 Å². The zero-order valence-electron chi connectivity index (χ0n) is 18.5. The van der Waals surface area contributed by atoms with E-state index in [0.717, 1.165) is 31.5 Å². The van der Waals surface area contributed by atoms with Crippen LogP contribution in [0.25, 0.3) is 0 Å². The third kappa shape index (κ3) is 5.72. The number of ether oxygens (including phenoxy) is 2. The highest BCUT2D eigenvalue weighted by atomic mass is 32.2. The van der Waals surface area contributed by atoms with Gasteiger partial charge in [-0.1, -0.05) is 6.42 Å². The lowest BCUT2D eigenvalue weighted by molar-refractivity contribution is -0.142. The molecule has 1 aromatic rings. The Morgan fingerprint density at radius 3 is 2.75 bits per heavy atom. The van der Waals surface area contributed by atoms with Crippen molar-refractivity contribution in [1.82, 2.24) is 10.2 Å². The van der Waals surface area contributed by atoms with Crippen molar-refractivity contribution in [2.45, 2.75) is 56.3 Å². The lowest BCUT2D eigenvalue weighted by Crippen LogP contribution is -2.47. The van der Waals surface area contributed by atoms with Gasteiger partial charge in [0, 0.05) is 30.3 Å². The van der Waals surface area contributed by atoms with Gasteiger partial charge in [-0.25, -0.2) is 8.42 Å². The number of anilines is 1. The molecule has 4 rings (SSSR count). The maximum Gasteiger partial charge on any atom is 0.229 e. The number of carbonyl (C=O) groups excluding carboxylic acids is 1. The molecule has 2 fully saturated rings. The maximum atomic E-state index is 12.5. The molecule has 10 heteroatoms. The summed E-state index contributed by atoms with van der Waals surface area (Å²) >= 11 is 0. The summed E-state index contributed by atoms with van der Waals surface area (Å²) in [6.45, 7) is 3.46. The fraction of sp³-hybridized carbons (Fsp3) is 0.682. The van der Waals surface area contributed by atoms with E-state index in [1.807, 2.05) is 0 Å². The normalized spacial score (nSPS) is 27.8. The minimum absolute atomic E-state index is 0.0613. The van der Waals surface area contributed by atoms with Crippen LogP contribution < -0.4 is 14.8 Å². The van der Waals surface area contributed by atoms with E-state index in [1.165, 1.54) is 19.3 Å². The number of nitrogens with one attached hydrogen (secondary N) is 2. The third-order valence-corrected chi connectivity index (χ3v) is 7.02. The molecule has 4 atom stereocenters. The molecule has 2 saturated heterocycles. The summed E-state index contributed by atoms with van der Waals surface area (Å²) in [4.78, 5) is 14.9. The van der Waals surface area contributed by atoms with Crippen LogP contribution in [0.15, 0.2) is 18.2 Å². The van der Waals surface area contributed by atoms with Gasteiger partial charge in [0.1, 0.15) is 18.0 Å². The fourth-order valence-corrected chi connectivity index (χ4v) is 5.54. The fourth-order valence-electron chi connectivity index (χ4n) is 4.98. The number of hydrogen-bond acceptors (Lipinski definition) is 7. The number of nitrogens with zero attached hydrogens (tertiary/aromatic N) is 1. The molecule has 0 spiro atoms. The van der Waals surface area contributed by atoms with E-state index in [1.54, 1.807) is 18.2 Å². The van der Waals surface area contributed by atoms with Crippen molar-refractivity contribution in [1.29, 1.82) is 0 Å². The lowest BCUT2D eigenvalue weighted by atomic mass is 9.84. The number of fused-ring (bicyclic) bond motifs is 3. The molecule has 3 N–H and O–H groups in total. The molecule has 1 amide bonds. The first-order valence-corrected chi connectivity index (χ1v) is 13.3. The Labute approximate surface area is 189 Å². The van der Waals surface area contributed by atoms with Gasteiger partial charge in [0.15, 0.2) is 0 Å². The molecule has 9 nitrogen and oxygen atoms in total. The number of aliphatic hydroxyl groups is 1. The Hall–Kier alpha value is -1.88. The first kappa shape index (κ1) is 23.3. The number of sulfonamides is 1. The summed E-state index contributed by atoms with van der Waals surface area (Å²) in [6.07, 6.45) is 4.38. The van der Waals surface area contributed by atoms with Gasteiger partial charge >= 0.3 is 0 Å². The topological polar surface area (TPSA) is 117 Å². The molecule has 178 valence electrons. The van der Waals surface area contributed by atoms with Crippen LogP contribution in [0.5, 0.6) is 5.75 Å². The Morgan fingerprint density at radius 1 is 1.25 bits per heavy atom. The van der Waals surface area contributed by atoms with Crippen molar-refractivity contribution in [3.63, 3.8) is 0 Å². The summed E-state index contributed by atoms with van der Waals surface area (Å²) in [5, 5.41) is 12.9. The van der Waals surface area contributed by atoms with E-state index in [2.05, 4.69) is 14.9 Å². The van der Waals surface area contributed by atoms with Gasteiger partial charge in [-0.05, 0) is 50.6 Å². The molecule has 0 bridgehead atoms. The predicted molar refractivity (Wildman–Crippen MR) is 120 cm³/mol. The van der Waals surface area contributed by atoms with Crippen LogP contribution in [0.3, 0.4) is 0 Å². The van der Waals surface area contributed by atoms with E-state index >= 15 is 0 Å². The number of aliphatic hydroxyl groups excluding tert-OH is 1. The average Bonchev–Trinajstić information content (AvgIpc) is 3.11. The van der Waals surface area contributed by atoms with Gasteiger partial charge < -0.3 is 24.8 Å². The summed E-state index contributed by atoms with van der Waals surface area (Å²) in [5.41, 5.74) is 1.34. The average molecular weight is 468 g/mol. The van der Waals surface area contributed by atoms with Crippen molar-refractivity contribution in [2.24, 2.45) is 0 Å². The Bertz CT molecular complexity index is 918. The number of likely N-dealkylation sites (tertiary alicyclic amines) is 1. The van der Waals surface area contributed by atoms with E-state index < -0.39 is 16.1 Å². The minimum atomic E-state index is -3.40. The number of piperidine rings is 1. The molecule has 0 aromatic heterocycles. The Morgan fingerprint density at radius 2 is 2.03 bits per heavy atom. The smallest absolute Gasteiger partial charge is 0.229 e. The minimum Gasteiger partial charge on any atom is -0.487 e. The summed E-state index contributed by atoms with van der Waals surface area (Å²) in [6, 6.07) is 5.16. The Kier molecular flexibility index (Phi) is 7.24. The molecule has 3 aliphatic rings. The van der Waals surface area contributed by atoms with Crippen molar-refractivity contribution in [3.05, 3.63) is 23.8 Å². The molecule has 0 saturated carbocycles. The number of carbonyl (C=O) groups is 1. The van der Waals surface area contributed by atoms with Gasteiger partial charge in [-0.3, -0.25) is 9.52 Å². The molecule has 0 aliphatic carbocycles. The van der Waals surface area contributed by atoms with E-state index in [0.29, 0.717) is 24.4 Å². The number of hydrogen-bond donors (Lipinski definition) is 3. The second kappa shape index (κ2) is 9.94. The monoisotopic (exact) mass is 467 g/mol. The van der Waals surface area contributed by atoms with E-state index in [9.17, 15) is 18.3 Å². The molecule has 1 aromatic carbocycles. The van der Waals surface area contributed by atoms with Crippen LogP contribution in [-0.2, 0) is 19.6 Å². The zero-order chi connectivity index (χ0) is 22.7. The van der Waals surface area contributed by atoms with Crippen molar-refractivity contribution in [3.8, 4) is 5.75 Å². The van der Waals surface area contributed by atoms with Crippen molar-refractivity contribution >= 4 is 21.6 Å². The quantitative estimate of drug-likeness (QED) is 0.523. The molecule has 0 radical (unpaired) electrons. The van der Waals surface area contributed by atoms with Crippen molar-refractivity contribution in [2.75, 3.05) is 43.8 Å². The van der Waals surface area contributed by atoms with Crippen LogP contribution >= 0.6 is 0 Å². The van der Waals surface area contributed by atoms with Gasteiger partial charge in [0.25, 0.3) is 0 Å². The lowest BCUT2D eigenvalue weighted by Gasteiger charge is -2.37. The van der Waals surface area contributed by atoms with Gasteiger partial charge in [-0.2, -0.15) is 0 Å². The molecule has 3 aliphatic heterocycles. The molecule has 0 unspecified atom stereocenters. The first-order chi connectivity index (χ1) is 15.3. The Balaban J connectivity index is 1.37. The van der Waals surface area contributed by atoms with Crippen LogP contribution in [0.1, 0.15) is 43.6 Å². The third-order valence-electron chi connectivity index (χ3n) is 6.41. The van der Waals surface area contributed by atoms with Gasteiger partial charge in [0.2, 0.25) is 15.9 Å². The highest BCUT2D eigenvalue weighted by Gasteiger charge is 2.46. The number of rotatable bonds is 8. The molecule has 3 heterocycles. The highest BCUT2D eigenvalue weighted by Crippen LogP contribution is 2.47. The molecule has 32 heavy (non-hydrogen) atoms. The number of amides is 1. The zero-order valence-corrected chi connectivity index (χ0v) is 19.3. The first-order valence-electron chi connectivity index (χ1n) is 11.4. The SMILES string of the molecule is CS(=O)(=O)Nc1ccc2c(c1)[C@@H]1C[C@H](CC(=O)NCCN3CCCCC3)O[C@H](CO)[C@@H]1O2. The summed E-state index contributed by atoms with van der Waals surface area (Å²) in [5.74, 6) is 0.518. The largest absolute Gasteiger partial charge is 0.487 e. The van der Waals surface area contributed by atoms with Crippen LogP contribution in [0.2, 0.25) is 0 Å². The van der Waals surface area contributed by atoms with E-state index in [4.69, 9.17) is 9.47 Å². The summed E-state index contributed by atoms with van der Waals surface area (Å²) < 4.78 is 37.7. The second-order valence-electron chi connectivity index (χ2n) is 8.99. The maximum absolute atomic E-state index is 12.5. The van der Waals surface area contributed by atoms with Gasteiger partial charge in [-0.15, -0.1) is 0 Å². The standard InChI is InChI=1S/C22H33N3O6S/c1-32(28,29)24-15-5-6-19-17(11-15)18-12-16(30-20(14-26)22(18)31-19)13-21(27)23-7-10-25-8-3-2-4-9-25/h5-6,11,16,18,20,22,24,26H,2-4,7-10,12-14H2,1H3,(H,23,27)/t16-,18+,20-,22-/m1/s1. The van der Waals surface area contributed by atoms with Gasteiger partial charge in [0.05, 0.1) is 25.4 Å². The van der Waals surface area contributed by atoms with Crippen LogP contribution in [0, 0.1) is 0 Å². The second-order valence-corrected chi connectivity index (χ2v) is 10.7. The molecular formula is C22H33N3O6S. The summed E-state index contributed by atoms with van der Waals surface area (Å²) in [7, 11) is -3.40. The predicted octanol–water partition coefficient (Wildman–Crippen LogP) is 1.04. The van der Waals surface area contributed by atoms with Crippen molar-refractivity contribution < 1.29 is 27.8 Å². The molecular weight excluding hydrogens is 434 g/mol.